The lowest BCUT2D eigenvalue weighted by Crippen LogP contribution is -2.35. The van der Waals surface area contributed by atoms with Crippen LogP contribution in [-0.4, -0.2) is 55.2 Å². The fraction of sp³-hybridized carbons (Fsp3) is 0.458. The number of amides is 1. The molecule has 0 unspecified atom stereocenters. The van der Waals surface area contributed by atoms with Crippen molar-refractivity contribution in [2.24, 2.45) is 5.92 Å². The Morgan fingerprint density at radius 1 is 1.24 bits per heavy atom. The number of imidazole rings is 1. The van der Waals surface area contributed by atoms with Gasteiger partial charge in [0.25, 0.3) is 0 Å². The van der Waals surface area contributed by atoms with Crippen LogP contribution in [0.4, 0.5) is 4.79 Å². The fourth-order valence-electron chi connectivity index (χ4n) is 5.27. The number of carboxylic acids is 1. The molecule has 1 fully saturated rings. The molecule has 3 aromatic rings. The second kappa shape index (κ2) is 9.21. The topological polar surface area (TPSA) is 110 Å². The standard InChI is InChI=1S/C24H26ClN5O4/c1-34-24(33)29-8-7-14-5-6-19-21(18(14)13-29)28-22(15-3-2-4-16(9-15)23(31)32)30(19)12-17-10-26-11-20(25)27-17/h5-6,10-11,15-16H,2-4,7-9,12-13H2,1H3,(H,31,32)/t15-,16-/m1/s1. The number of methoxy groups -OCH3 is 1. The summed E-state index contributed by atoms with van der Waals surface area (Å²) in [6, 6.07) is 4.16. The first-order valence-electron chi connectivity index (χ1n) is 11.5. The molecule has 2 aromatic heterocycles. The van der Waals surface area contributed by atoms with Crippen molar-refractivity contribution in [3.8, 4) is 0 Å². The predicted octanol–water partition coefficient (Wildman–Crippen LogP) is 4.01. The maximum absolute atomic E-state index is 12.2. The van der Waals surface area contributed by atoms with Crippen LogP contribution in [0.5, 0.6) is 0 Å². The Hall–Kier alpha value is -3.20. The van der Waals surface area contributed by atoms with Gasteiger partial charge in [-0.1, -0.05) is 24.1 Å². The van der Waals surface area contributed by atoms with Crippen molar-refractivity contribution in [1.29, 1.82) is 0 Å². The maximum Gasteiger partial charge on any atom is 0.409 e. The number of benzene rings is 1. The second-order valence-electron chi connectivity index (χ2n) is 9.00. The number of carbonyl (C=O) groups excluding carboxylic acids is 1. The minimum Gasteiger partial charge on any atom is -0.481 e. The Balaban J connectivity index is 1.62. The van der Waals surface area contributed by atoms with Gasteiger partial charge in [-0.25, -0.2) is 14.8 Å². The average Bonchev–Trinajstić information content (AvgIpc) is 3.22. The van der Waals surface area contributed by atoms with Gasteiger partial charge in [-0.15, -0.1) is 0 Å². The van der Waals surface area contributed by atoms with Crippen LogP contribution in [0.25, 0.3) is 11.0 Å². The summed E-state index contributed by atoms with van der Waals surface area (Å²) in [6.07, 6.45) is 6.51. The highest BCUT2D eigenvalue weighted by Gasteiger charge is 2.32. The molecule has 0 radical (unpaired) electrons. The van der Waals surface area contributed by atoms with Crippen LogP contribution in [0.3, 0.4) is 0 Å². The Labute approximate surface area is 201 Å². The number of aliphatic carboxylic acids is 1. The van der Waals surface area contributed by atoms with Gasteiger partial charge < -0.3 is 19.3 Å². The molecular formula is C24H26ClN5O4. The first kappa shape index (κ1) is 22.6. The highest BCUT2D eigenvalue weighted by Crippen LogP contribution is 2.39. The number of carbonyl (C=O) groups is 2. The van der Waals surface area contributed by atoms with Crippen LogP contribution in [0.15, 0.2) is 24.5 Å². The van der Waals surface area contributed by atoms with E-state index in [9.17, 15) is 14.7 Å². The first-order chi connectivity index (χ1) is 16.4. The number of fused-ring (bicyclic) bond motifs is 3. The molecule has 1 N–H and O–H groups in total. The van der Waals surface area contributed by atoms with Gasteiger partial charge >= 0.3 is 12.1 Å². The van der Waals surface area contributed by atoms with E-state index in [1.54, 1.807) is 11.1 Å². The van der Waals surface area contributed by atoms with Crippen molar-refractivity contribution >= 4 is 34.7 Å². The molecule has 0 spiro atoms. The van der Waals surface area contributed by atoms with Crippen LogP contribution in [0.2, 0.25) is 5.15 Å². The van der Waals surface area contributed by atoms with E-state index in [2.05, 4.69) is 26.7 Å². The van der Waals surface area contributed by atoms with E-state index in [4.69, 9.17) is 21.3 Å². The van der Waals surface area contributed by atoms with Gasteiger partial charge in [0, 0.05) is 18.0 Å². The number of halogens is 1. The summed E-state index contributed by atoms with van der Waals surface area (Å²) >= 11 is 6.09. The summed E-state index contributed by atoms with van der Waals surface area (Å²) in [4.78, 5) is 39.3. The molecule has 1 aliphatic carbocycles. The molecule has 1 saturated carbocycles. The van der Waals surface area contributed by atoms with Crippen LogP contribution in [0.1, 0.15) is 54.2 Å². The summed E-state index contributed by atoms with van der Waals surface area (Å²) in [5.41, 5.74) is 4.65. The van der Waals surface area contributed by atoms with E-state index in [-0.39, 0.29) is 17.9 Å². The summed E-state index contributed by atoms with van der Waals surface area (Å²) < 4.78 is 7.06. The molecule has 2 atom stereocenters. The van der Waals surface area contributed by atoms with Crippen molar-refractivity contribution < 1.29 is 19.4 Å². The molecule has 1 amide bonds. The molecule has 10 heteroatoms. The third kappa shape index (κ3) is 4.20. The molecule has 2 aliphatic rings. The number of carboxylic acid groups (broad SMARTS) is 1. The number of hydrogen-bond donors (Lipinski definition) is 1. The average molecular weight is 484 g/mol. The number of aromatic nitrogens is 4. The fourth-order valence-corrected chi connectivity index (χ4v) is 5.44. The summed E-state index contributed by atoms with van der Waals surface area (Å²) in [5.74, 6) is -0.252. The first-order valence-corrected chi connectivity index (χ1v) is 11.9. The number of nitrogens with zero attached hydrogens (tertiary/aromatic N) is 5. The third-order valence-corrected chi connectivity index (χ3v) is 7.13. The van der Waals surface area contributed by atoms with Crippen molar-refractivity contribution in [3.05, 3.63) is 52.3 Å². The summed E-state index contributed by atoms with van der Waals surface area (Å²) in [7, 11) is 1.39. The maximum atomic E-state index is 12.2. The smallest absolute Gasteiger partial charge is 0.409 e. The van der Waals surface area contributed by atoms with Crippen LogP contribution < -0.4 is 0 Å². The van der Waals surface area contributed by atoms with Gasteiger partial charge in [-0.05, 0) is 37.3 Å². The number of ether oxygens (including phenoxy) is 1. The van der Waals surface area contributed by atoms with E-state index in [1.165, 1.54) is 18.9 Å². The quantitative estimate of drug-likeness (QED) is 0.596. The molecule has 9 nitrogen and oxygen atoms in total. The monoisotopic (exact) mass is 483 g/mol. The Morgan fingerprint density at radius 3 is 2.85 bits per heavy atom. The van der Waals surface area contributed by atoms with Gasteiger partial charge in [0.15, 0.2) is 0 Å². The van der Waals surface area contributed by atoms with Crippen molar-refractivity contribution in [2.75, 3.05) is 13.7 Å². The molecule has 1 aromatic carbocycles. The lowest BCUT2D eigenvalue weighted by Gasteiger charge is -2.27. The second-order valence-corrected chi connectivity index (χ2v) is 9.39. The van der Waals surface area contributed by atoms with Crippen LogP contribution >= 0.6 is 11.6 Å². The largest absolute Gasteiger partial charge is 0.481 e. The van der Waals surface area contributed by atoms with E-state index in [0.717, 1.165) is 41.7 Å². The summed E-state index contributed by atoms with van der Waals surface area (Å²) in [6.45, 7) is 1.45. The third-order valence-electron chi connectivity index (χ3n) is 6.95. The van der Waals surface area contributed by atoms with Crippen molar-refractivity contribution in [1.82, 2.24) is 24.4 Å². The zero-order chi connectivity index (χ0) is 23.8. The normalized spacial score (nSPS) is 20.2. The van der Waals surface area contributed by atoms with Gasteiger partial charge in [-0.2, -0.15) is 0 Å². The minimum atomic E-state index is -0.751. The molecule has 0 bridgehead atoms. The Kier molecular flexibility index (Phi) is 6.12. The number of hydrogen-bond acceptors (Lipinski definition) is 6. The molecule has 34 heavy (non-hydrogen) atoms. The molecule has 178 valence electrons. The van der Waals surface area contributed by atoms with Crippen LogP contribution in [-0.2, 0) is 29.0 Å². The highest BCUT2D eigenvalue weighted by atomic mass is 35.5. The van der Waals surface area contributed by atoms with Crippen molar-refractivity contribution in [2.45, 2.75) is 51.1 Å². The predicted molar refractivity (Wildman–Crippen MR) is 125 cm³/mol. The van der Waals surface area contributed by atoms with Gasteiger partial charge in [-0.3, -0.25) is 9.78 Å². The highest BCUT2D eigenvalue weighted by molar-refractivity contribution is 6.29. The zero-order valence-electron chi connectivity index (χ0n) is 18.9. The molecule has 3 heterocycles. The Morgan fingerprint density at radius 2 is 2.09 bits per heavy atom. The van der Waals surface area contributed by atoms with Crippen molar-refractivity contribution in [3.63, 3.8) is 0 Å². The SMILES string of the molecule is COC(=O)N1CCc2ccc3c(nc([C@@H]4CCC[C@@H](C(=O)O)C4)n3Cc3cncc(Cl)n3)c2C1. The molecule has 0 saturated heterocycles. The molecule has 5 rings (SSSR count). The van der Waals surface area contributed by atoms with Gasteiger partial charge in [0.1, 0.15) is 11.0 Å². The minimum absolute atomic E-state index is 0.0188. The van der Waals surface area contributed by atoms with E-state index >= 15 is 0 Å². The number of rotatable bonds is 4. The van der Waals surface area contributed by atoms with E-state index in [1.807, 2.05) is 0 Å². The van der Waals surface area contributed by atoms with E-state index < -0.39 is 5.97 Å². The lowest BCUT2D eigenvalue weighted by atomic mass is 9.81. The zero-order valence-corrected chi connectivity index (χ0v) is 19.7. The van der Waals surface area contributed by atoms with Crippen LogP contribution in [0, 0.1) is 5.92 Å². The van der Waals surface area contributed by atoms with E-state index in [0.29, 0.717) is 43.3 Å². The van der Waals surface area contributed by atoms with Gasteiger partial charge in [0.05, 0.1) is 55.2 Å². The Bertz CT molecular complexity index is 1260. The molecule has 1 aliphatic heterocycles. The van der Waals surface area contributed by atoms with Gasteiger partial charge in [0.2, 0.25) is 0 Å². The summed E-state index contributed by atoms with van der Waals surface area (Å²) in [5, 5.41) is 9.95. The molecular weight excluding hydrogens is 458 g/mol. The lowest BCUT2D eigenvalue weighted by molar-refractivity contribution is -0.143.